The standard InChI is InChI=1S/C11H7FN4O/c12-8-2-1-3-9(14)10(8)17-11-15-5-4-7(6-13)16-11/h1-5H,14H2. The molecule has 2 rings (SSSR count). The molecule has 0 saturated heterocycles. The van der Waals surface area contributed by atoms with Gasteiger partial charge in [0.15, 0.2) is 11.6 Å². The van der Waals surface area contributed by atoms with Gasteiger partial charge in [0.1, 0.15) is 11.8 Å². The molecule has 0 unspecified atom stereocenters. The molecule has 0 radical (unpaired) electrons. The number of hydrogen-bond acceptors (Lipinski definition) is 5. The van der Waals surface area contributed by atoms with E-state index in [1.165, 1.54) is 30.5 Å². The molecule has 2 aromatic rings. The number of para-hydroxylation sites is 1. The first-order valence-corrected chi connectivity index (χ1v) is 4.65. The predicted octanol–water partition coefficient (Wildman–Crippen LogP) is 1.86. The summed E-state index contributed by atoms with van der Waals surface area (Å²) in [5.41, 5.74) is 5.82. The van der Waals surface area contributed by atoms with Crippen molar-refractivity contribution in [1.82, 2.24) is 9.97 Å². The van der Waals surface area contributed by atoms with Gasteiger partial charge >= 0.3 is 6.01 Å². The Bertz CT molecular complexity index is 574. The molecule has 0 amide bonds. The van der Waals surface area contributed by atoms with E-state index in [2.05, 4.69) is 9.97 Å². The minimum absolute atomic E-state index is 0.124. The van der Waals surface area contributed by atoms with E-state index < -0.39 is 5.82 Å². The average Bonchev–Trinajstić information content (AvgIpc) is 2.34. The van der Waals surface area contributed by atoms with E-state index in [1.54, 1.807) is 0 Å². The number of hydrogen-bond donors (Lipinski definition) is 1. The van der Waals surface area contributed by atoms with Crippen LogP contribution in [0.1, 0.15) is 5.69 Å². The van der Waals surface area contributed by atoms with Crippen LogP contribution in [0.3, 0.4) is 0 Å². The SMILES string of the molecule is N#Cc1ccnc(Oc2c(N)cccc2F)n1. The molecular formula is C11H7FN4O. The van der Waals surface area contributed by atoms with E-state index in [0.29, 0.717) is 0 Å². The van der Waals surface area contributed by atoms with Gasteiger partial charge in [0.05, 0.1) is 5.69 Å². The lowest BCUT2D eigenvalue weighted by molar-refractivity contribution is 0.413. The van der Waals surface area contributed by atoms with Gasteiger partial charge in [-0.05, 0) is 18.2 Å². The number of nitrogens with two attached hydrogens (primary N) is 1. The molecule has 0 atom stereocenters. The number of nitriles is 1. The van der Waals surface area contributed by atoms with Crippen molar-refractivity contribution in [3.8, 4) is 17.8 Å². The van der Waals surface area contributed by atoms with Crippen LogP contribution in [0.2, 0.25) is 0 Å². The van der Waals surface area contributed by atoms with Crippen LogP contribution in [0, 0.1) is 17.1 Å². The Kier molecular flexibility index (Phi) is 2.83. The van der Waals surface area contributed by atoms with Crippen LogP contribution in [0.15, 0.2) is 30.5 Å². The fourth-order valence-corrected chi connectivity index (χ4v) is 1.18. The Morgan fingerprint density at radius 3 is 2.88 bits per heavy atom. The Morgan fingerprint density at radius 2 is 2.18 bits per heavy atom. The van der Waals surface area contributed by atoms with Crippen molar-refractivity contribution in [2.75, 3.05) is 5.73 Å². The summed E-state index contributed by atoms with van der Waals surface area (Å²) < 4.78 is 18.5. The Labute approximate surface area is 96.3 Å². The van der Waals surface area contributed by atoms with Crippen LogP contribution in [-0.2, 0) is 0 Å². The summed E-state index contributed by atoms with van der Waals surface area (Å²) >= 11 is 0. The summed E-state index contributed by atoms with van der Waals surface area (Å²) in [5, 5.41) is 8.64. The van der Waals surface area contributed by atoms with Gasteiger partial charge in [0.2, 0.25) is 0 Å². The highest BCUT2D eigenvalue weighted by molar-refractivity contribution is 5.53. The van der Waals surface area contributed by atoms with Gasteiger partial charge in [-0.2, -0.15) is 10.2 Å². The maximum atomic E-state index is 13.4. The topological polar surface area (TPSA) is 84.8 Å². The third-order valence-electron chi connectivity index (χ3n) is 1.94. The average molecular weight is 230 g/mol. The molecule has 0 spiro atoms. The summed E-state index contributed by atoms with van der Waals surface area (Å²) in [5.74, 6) is -0.765. The highest BCUT2D eigenvalue weighted by Gasteiger charge is 2.10. The number of benzene rings is 1. The monoisotopic (exact) mass is 230 g/mol. The van der Waals surface area contributed by atoms with Crippen LogP contribution in [0.4, 0.5) is 10.1 Å². The molecule has 6 heteroatoms. The molecule has 0 aliphatic carbocycles. The van der Waals surface area contributed by atoms with Crippen LogP contribution in [-0.4, -0.2) is 9.97 Å². The Balaban J connectivity index is 2.35. The number of rotatable bonds is 2. The molecule has 1 aromatic carbocycles. The molecule has 1 heterocycles. The van der Waals surface area contributed by atoms with Crippen molar-refractivity contribution < 1.29 is 9.13 Å². The van der Waals surface area contributed by atoms with Gasteiger partial charge in [-0.3, -0.25) is 0 Å². The first kappa shape index (κ1) is 10.8. The maximum Gasteiger partial charge on any atom is 0.323 e. The van der Waals surface area contributed by atoms with Gasteiger partial charge in [-0.15, -0.1) is 0 Å². The minimum atomic E-state index is -0.615. The zero-order valence-electron chi connectivity index (χ0n) is 8.59. The lowest BCUT2D eigenvalue weighted by Crippen LogP contribution is -1.98. The first-order valence-electron chi connectivity index (χ1n) is 4.65. The van der Waals surface area contributed by atoms with Gasteiger partial charge in [0.25, 0.3) is 0 Å². The quantitative estimate of drug-likeness (QED) is 0.796. The summed E-state index contributed by atoms with van der Waals surface area (Å²) in [4.78, 5) is 7.51. The van der Waals surface area contributed by atoms with Crippen LogP contribution in [0.25, 0.3) is 0 Å². The first-order chi connectivity index (χ1) is 8.20. The molecular weight excluding hydrogens is 223 g/mol. The third kappa shape index (κ3) is 2.29. The normalized spacial score (nSPS) is 9.65. The van der Waals surface area contributed by atoms with E-state index in [1.807, 2.05) is 6.07 Å². The number of nitrogens with zero attached hydrogens (tertiary/aromatic N) is 3. The summed E-state index contributed by atoms with van der Waals surface area (Å²) in [6.45, 7) is 0. The maximum absolute atomic E-state index is 13.4. The van der Waals surface area contributed by atoms with Crippen LogP contribution in [0.5, 0.6) is 11.8 Å². The highest BCUT2D eigenvalue weighted by atomic mass is 19.1. The van der Waals surface area contributed by atoms with E-state index in [4.69, 9.17) is 15.7 Å². The van der Waals surface area contributed by atoms with Crippen molar-refractivity contribution in [2.45, 2.75) is 0 Å². The number of ether oxygens (including phenoxy) is 1. The van der Waals surface area contributed by atoms with E-state index >= 15 is 0 Å². The van der Waals surface area contributed by atoms with Gasteiger partial charge in [0, 0.05) is 6.20 Å². The second kappa shape index (κ2) is 4.45. The van der Waals surface area contributed by atoms with Gasteiger partial charge in [-0.1, -0.05) is 6.07 Å². The Morgan fingerprint density at radius 1 is 1.35 bits per heavy atom. The molecule has 0 saturated carbocycles. The second-order valence-electron chi connectivity index (χ2n) is 3.10. The van der Waals surface area contributed by atoms with Crippen LogP contribution < -0.4 is 10.5 Å². The van der Waals surface area contributed by atoms with E-state index in [0.717, 1.165) is 0 Å². The molecule has 1 aromatic heterocycles. The number of aromatic nitrogens is 2. The molecule has 0 bridgehead atoms. The van der Waals surface area contributed by atoms with Crippen molar-refractivity contribution in [2.24, 2.45) is 0 Å². The zero-order valence-corrected chi connectivity index (χ0v) is 8.59. The van der Waals surface area contributed by atoms with Crippen molar-refractivity contribution in [3.63, 3.8) is 0 Å². The third-order valence-corrected chi connectivity index (χ3v) is 1.94. The highest BCUT2D eigenvalue weighted by Crippen LogP contribution is 2.28. The van der Waals surface area contributed by atoms with E-state index in [9.17, 15) is 4.39 Å². The fourth-order valence-electron chi connectivity index (χ4n) is 1.18. The summed E-state index contributed by atoms with van der Waals surface area (Å²) in [6.07, 6.45) is 1.35. The molecule has 84 valence electrons. The molecule has 2 N–H and O–H groups in total. The Hall–Kier alpha value is -2.68. The molecule has 0 aliphatic rings. The minimum Gasteiger partial charge on any atom is -0.419 e. The number of halogens is 1. The van der Waals surface area contributed by atoms with E-state index in [-0.39, 0.29) is 23.1 Å². The predicted molar refractivity (Wildman–Crippen MR) is 57.6 cm³/mol. The second-order valence-corrected chi connectivity index (χ2v) is 3.10. The largest absolute Gasteiger partial charge is 0.419 e. The summed E-state index contributed by atoms with van der Waals surface area (Å²) in [6, 6.07) is 7.28. The lowest BCUT2D eigenvalue weighted by Gasteiger charge is -2.07. The van der Waals surface area contributed by atoms with Gasteiger partial charge < -0.3 is 10.5 Å². The molecule has 17 heavy (non-hydrogen) atoms. The smallest absolute Gasteiger partial charge is 0.323 e. The molecule has 0 aliphatic heterocycles. The zero-order chi connectivity index (χ0) is 12.3. The van der Waals surface area contributed by atoms with Crippen LogP contribution >= 0.6 is 0 Å². The number of nitrogen functional groups attached to an aromatic ring is 1. The van der Waals surface area contributed by atoms with Crippen molar-refractivity contribution in [1.29, 1.82) is 5.26 Å². The van der Waals surface area contributed by atoms with Crippen molar-refractivity contribution >= 4 is 5.69 Å². The summed E-state index contributed by atoms with van der Waals surface area (Å²) in [7, 11) is 0. The fraction of sp³-hybridized carbons (Fsp3) is 0. The lowest BCUT2D eigenvalue weighted by atomic mass is 10.3. The van der Waals surface area contributed by atoms with Crippen molar-refractivity contribution in [3.05, 3.63) is 42.0 Å². The molecule has 0 fully saturated rings. The molecule has 5 nitrogen and oxygen atoms in total. The number of anilines is 1. The van der Waals surface area contributed by atoms with Gasteiger partial charge in [-0.25, -0.2) is 9.37 Å².